The molecule has 0 fully saturated rings. The Bertz CT molecular complexity index is 530. The lowest BCUT2D eigenvalue weighted by atomic mass is 10.0. The average molecular weight is 296 g/mol. The number of nitro groups is 1. The van der Waals surface area contributed by atoms with Gasteiger partial charge in [0.1, 0.15) is 5.75 Å². The molecule has 0 bridgehead atoms. The van der Waals surface area contributed by atoms with Gasteiger partial charge in [-0.15, -0.1) is 0 Å². The molecule has 0 aliphatic rings. The fourth-order valence-electron chi connectivity index (χ4n) is 1.71. The molecule has 0 radical (unpaired) electrons. The van der Waals surface area contributed by atoms with E-state index >= 15 is 0 Å². The van der Waals surface area contributed by atoms with Crippen LogP contribution in [0.4, 0.5) is 11.4 Å². The number of carbonyl (C=O) groups is 1. The third kappa shape index (κ3) is 4.94. The van der Waals surface area contributed by atoms with E-state index in [9.17, 15) is 14.9 Å². The molecule has 1 rings (SSSR count). The van der Waals surface area contributed by atoms with Gasteiger partial charge in [0.05, 0.1) is 23.0 Å². The van der Waals surface area contributed by atoms with Crippen molar-refractivity contribution in [1.29, 1.82) is 0 Å². The van der Waals surface area contributed by atoms with Crippen molar-refractivity contribution in [3.8, 4) is 5.75 Å². The summed E-state index contributed by atoms with van der Waals surface area (Å²) >= 11 is 0. The normalized spacial score (nSPS) is 13.6. The second-order valence-electron chi connectivity index (χ2n) is 5.20. The number of hydrogen-bond acceptors (Lipinski definition) is 5. The molecule has 7 nitrogen and oxygen atoms in total. The molecule has 1 aromatic carbocycles. The van der Waals surface area contributed by atoms with Gasteiger partial charge in [-0.3, -0.25) is 14.9 Å². The van der Waals surface area contributed by atoms with Crippen LogP contribution in [0.5, 0.6) is 5.75 Å². The third-order valence-corrected chi connectivity index (χ3v) is 3.01. The summed E-state index contributed by atoms with van der Waals surface area (Å²) in [6, 6.07) is 3.95. The molecule has 0 aliphatic carbocycles. The van der Waals surface area contributed by atoms with E-state index in [0.717, 1.165) is 0 Å². The van der Waals surface area contributed by atoms with Crippen LogP contribution in [0.1, 0.15) is 27.7 Å². The highest BCUT2D eigenvalue weighted by molar-refractivity contribution is 5.71. The number of benzene rings is 1. The first-order valence-corrected chi connectivity index (χ1v) is 6.66. The van der Waals surface area contributed by atoms with Crippen molar-refractivity contribution in [2.24, 2.45) is 5.92 Å². The van der Waals surface area contributed by atoms with Gasteiger partial charge in [-0.05, 0) is 27.7 Å². The average Bonchev–Trinajstić information content (AvgIpc) is 2.36. The molecule has 0 aliphatic heterocycles. The molecule has 0 heterocycles. The Morgan fingerprint density at radius 1 is 1.29 bits per heavy atom. The minimum absolute atomic E-state index is 0.106. The maximum absolute atomic E-state index is 10.9. The minimum Gasteiger partial charge on any atom is -0.491 e. The van der Waals surface area contributed by atoms with Gasteiger partial charge in [-0.25, -0.2) is 0 Å². The van der Waals surface area contributed by atoms with Gasteiger partial charge in [0.15, 0.2) is 0 Å². The van der Waals surface area contributed by atoms with Crippen LogP contribution in [0.25, 0.3) is 0 Å². The number of aliphatic carboxylic acids is 1. The second kappa shape index (κ2) is 6.92. The number of ether oxygens (including phenoxy) is 1. The molecule has 0 spiro atoms. The maximum atomic E-state index is 10.9. The van der Waals surface area contributed by atoms with E-state index in [2.05, 4.69) is 5.32 Å². The highest BCUT2D eigenvalue weighted by atomic mass is 16.6. The molecule has 1 aromatic rings. The quantitative estimate of drug-likeness (QED) is 0.592. The maximum Gasteiger partial charge on any atom is 0.308 e. The van der Waals surface area contributed by atoms with Gasteiger partial charge < -0.3 is 15.2 Å². The number of carboxylic acid groups (broad SMARTS) is 1. The van der Waals surface area contributed by atoms with Gasteiger partial charge in [0.2, 0.25) is 0 Å². The summed E-state index contributed by atoms with van der Waals surface area (Å²) in [6.07, 6.45) is -0.116. The van der Waals surface area contributed by atoms with E-state index in [4.69, 9.17) is 9.84 Å². The predicted octanol–water partition coefficient (Wildman–Crippen LogP) is 2.90. The summed E-state index contributed by atoms with van der Waals surface area (Å²) in [5, 5.41) is 22.9. The Kier molecular flexibility index (Phi) is 5.52. The van der Waals surface area contributed by atoms with Crippen LogP contribution in [0.15, 0.2) is 18.2 Å². The van der Waals surface area contributed by atoms with Crippen molar-refractivity contribution < 1.29 is 19.6 Å². The van der Waals surface area contributed by atoms with Gasteiger partial charge in [-0.1, -0.05) is 0 Å². The van der Waals surface area contributed by atoms with Crippen LogP contribution >= 0.6 is 0 Å². The minimum atomic E-state index is -0.931. The molecule has 0 saturated carbocycles. The predicted molar refractivity (Wildman–Crippen MR) is 78.7 cm³/mol. The first kappa shape index (κ1) is 16.7. The van der Waals surface area contributed by atoms with Crippen LogP contribution in [0.2, 0.25) is 0 Å². The number of nitro benzene ring substituents is 1. The van der Waals surface area contributed by atoms with Crippen molar-refractivity contribution in [3.63, 3.8) is 0 Å². The molecule has 0 amide bonds. The van der Waals surface area contributed by atoms with Gasteiger partial charge in [0.25, 0.3) is 5.69 Å². The van der Waals surface area contributed by atoms with Crippen molar-refractivity contribution >= 4 is 17.3 Å². The monoisotopic (exact) mass is 296 g/mol. The molecule has 2 atom stereocenters. The first-order valence-electron chi connectivity index (χ1n) is 6.66. The summed E-state index contributed by atoms with van der Waals surface area (Å²) in [6.45, 7) is 6.92. The number of nitrogens with one attached hydrogen (secondary N) is 1. The Morgan fingerprint density at radius 3 is 2.38 bits per heavy atom. The van der Waals surface area contributed by atoms with Crippen LogP contribution in [-0.2, 0) is 4.79 Å². The Morgan fingerprint density at radius 2 is 1.90 bits per heavy atom. The Labute approximate surface area is 123 Å². The Hall–Kier alpha value is -2.31. The zero-order valence-electron chi connectivity index (χ0n) is 12.5. The molecule has 21 heavy (non-hydrogen) atoms. The Balaban J connectivity index is 3.02. The smallest absolute Gasteiger partial charge is 0.308 e. The molecule has 0 saturated heterocycles. The molecular formula is C14H20N2O5. The molecule has 2 N–H and O–H groups in total. The fraction of sp³-hybridized carbons (Fsp3) is 0.500. The number of rotatable bonds is 7. The van der Waals surface area contributed by atoms with Crippen LogP contribution in [-0.4, -0.2) is 28.1 Å². The zero-order chi connectivity index (χ0) is 16.2. The van der Waals surface area contributed by atoms with Crippen molar-refractivity contribution in [1.82, 2.24) is 0 Å². The molecule has 116 valence electrons. The van der Waals surface area contributed by atoms with E-state index in [1.54, 1.807) is 19.9 Å². The van der Waals surface area contributed by atoms with E-state index in [0.29, 0.717) is 11.4 Å². The van der Waals surface area contributed by atoms with Crippen molar-refractivity contribution in [3.05, 3.63) is 28.3 Å². The van der Waals surface area contributed by atoms with Crippen molar-refractivity contribution in [2.45, 2.75) is 39.8 Å². The fourth-order valence-corrected chi connectivity index (χ4v) is 1.71. The first-order chi connectivity index (χ1) is 9.70. The van der Waals surface area contributed by atoms with Crippen molar-refractivity contribution in [2.75, 3.05) is 5.32 Å². The summed E-state index contributed by atoms with van der Waals surface area (Å²) in [5.74, 6) is -1.19. The standard InChI is InChI=1S/C14H20N2O5/c1-8(2)21-13-6-11(5-12(7-13)16(19)20)15-10(4)9(3)14(17)18/h5-10,15H,1-4H3,(H,17,18). The molecule has 0 aromatic heterocycles. The lowest BCUT2D eigenvalue weighted by Crippen LogP contribution is -2.29. The highest BCUT2D eigenvalue weighted by Crippen LogP contribution is 2.27. The van der Waals surface area contributed by atoms with Crippen LogP contribution < -0.4 is 10.1 Å². The number of non-ortho nitro benzene ring substituents is 1. The molecule has 2 unspecified atom stereocenters. The second-order valence-corrected chi connectivity index (χ2v) is 5.20. The van der Waals surface area contributed by atoms with E-state index in [1.165, 1.54) is 12.1 Å². The molecule has 7 heteroatoms. The van der Waals surface area contributed by atoms with Crippen LogP contribution in [0, 0.1) is 16.0 Å². The van der Waals surface area contributed by atoms with E-state index < -0.39 is 16.8 Å². The van der Waals surface area contributed by atoms with Gasteiger partial charge in [-0.2, -0.15) is 0 Å². The third-order valence-electron chi connectivity index (χ3n) is 3.01. The molecular weight excluding hydrogens is 276 g/mol. The zero-order valence-corrected chi connectivity index (χ0v) is 12.5. The van der Waals surface area contributed by atoms with Gasteiger partial charge >= 0.3 is 5.97 Å². The summed E-state index contributed by atoms with van der Waals surface area (Å²) < 4.78 is 5.47. The number of hydrogen-bond donors (Lipinski definition) is 2. The number of carboxylic acids is 1. The lowest BCUT2D eigenvalue weighted by Gasteiger charge is -2.19. The SMILES string of the molecule is CC(C)Oc1cc(NC(C)C(C)C(=O)O)cc([N+](=O)[O-])c1. The summed E-state index contributed by atoms with van der Waals surface area (Å²) in [7, 11) is 0. The largest absolute Gasteiger partial charge is 0.491 e. The van der Waals surface area contributed by atoms with Gasteiger partial charge in [0, 0.05) is 23.9 Å². The number of anilines is 1. The summed E-state index contributed by atoms with van der Waals surface area (Å²) in [4.78, 5) is 21.4. The summed E-state index contributed by atoms with van der Waals surface area (Å²) in [5.41, 5.74) is 0.353. The van der Waals surface area contributed by atoms with Crippen LogP contribution in [0.3, 0.4) is 0 Å². The highest BCUT2D eigenvalue weighted by Gasteiger charge is 2.20. The topological polar surface area (TPSA) is 102 Å². The number of nitrogens with zero attached hydrogens (tertiary/aromatic N) is 1. The van der Waals surface area contributed by atoms with E-state index in [-0.39, 0.29) is 17.8 Å². The lowest BCUT2D eigenvalue weighted by molar-refractivity contribution is -0.384. The van der Waals surface area contributed by atoms with E-state index in [1.807, 2.05) is 13.8 Å².